The van der Waals surface area contributed by atoms with Gasteiger partial charge in [0, 0.05) is 42.9 Å². The molecule has 0 radical (unpaired) electrons. The fraction of sp³-hybridized carbons (Fsp3) is 0.333. The smallest absolute Gasteiger partial charge is 0.274 e. The summed E-state index contributed by atoms with van der Waals surface area (Å²) < 4.78 is 17.4. The van der Waals surface area contributed by atoms with Crippen molar-refractivity contribution in [1.29, 1.82) is 0 Å². The lowest BCUT2D eigenvalue weighted by atomic mass is 9.93. The second kappa shape index (κ2) is 10.6. The Balaban J connectivity index is 1.35. The fourth-order valence-electron chi connectivity index (χ4n) is 6.09. The summed E-state index contributed by atoms with van der Waals surface area (Å²) in [6.45, 7) is 9.09. The lowest BCUT2D eigenvalue weighted by Gasteiger charge is -2.20. The third kappa shape index (κ3) is 5.13. The van der Waals surface area contributed by atoms with E-state index in [1.807, 2.05) is 26.0 Å². The van der Waals surface area contributed by atoms with Crippen LogP contribution in [-0.4, -0.2) is 38.4 Å². The average Bonchev–Trinajstić information content (AvgIpc) is 3.66. The predicted octanol–water partition coefficient (Wildman–Crippen LogP) is 7.50. The summed E-state index contributed by atoms with van der Waals surface area (Å²) in [4.78, 5) is 37.3. The molecule has 3 aromatic heterocycles. The standard InChI is InChI=1S/C33H31Cl2FN4O2/c1-18-14-38-27(22-6-5-7-23(30(22)36)31(41)39-9-8-33(3,4)17-39)13-28(18)40-19(2)10-26(29(35)32(40)42)25-12-24(25)20-11-21(34)16-37-15-20/h5-7,10-11,13-16,24-25H,8-9,12,17H2,1-4H3/t24-,25+/m1/s1. The number of pyridine rings is 3. The molecule has 1 aliphatic heterocycles. The second-order valence-electron chi connectivity index (χ2n) is 12.2. The van der Waals surface area contributed by atoms with Crippen LogP contribution in [0.3, 0.4) is 0 Å². The maximum Gasteiger partial charge on any atom is 0.274 e. The van der Waals surface area contributed by atoms with Crippen LogP contribution in [0.4, 0.5) is 4.39 Å². The molecule has 4 aromatic rings. The minimum Gasteiger partial charge on any atom is -0.338 e. The van der Waals surface area contributed by atoms with Crippen molar-refractivity contribution < 1.29 is 9.18 Å². The molecule has 1 saturated heterocycles. The Morgan fingerprint density at radius 3 is 2.57 bits per heavy atom. The van der Waals surface area contributed by atoms with Crippen molar-refractivity contribution in [2.24, 2.45) is 5.41 Å². The number of nitrogens with zero attached hydrogens (tertiary/aromatic N) is 4. The first-order valence-electron chi connectivity index (χ1n) is 14.0. The van der Waals surface area contributed by atoms with Crippen LogP contribution in [0.25, 0.3) is 16.9 Å². The molecule has 0 N–H and O–H groups in total. The van der Waals surface area contributed by atoms with E-state index in [1.54, 1.807) is 46.3 Å². The monoisotopic (exact) mass is 604 g/mol. The van der Waals surface area contributed by atoms with Gasteiger partial charge in [-0.1, -0.05) is 43.1 Å². The van der Waals surface area contributed by atoms with Crippen LogP contribution >= 0.6 is 23.2 Å². The summed E-state index contributed by atoms with van der Waals surface area (Å²) in [7, 11) is 0. The zero-order valence-electron chi connectivity index (χ0n) is 23.9. The van der Waals surface area contributed by atoms with Crippen molar-refractivity contribution in [2.45, 2.75) is 52.4 Å². The van der Waals surface area contributed by atoms with Crippen molar-refractivity contribution >= 4 is 29.1 Å². The van der Waals surface area contributed by atoms with E-state index in [1.165, 1.54) is 6.07 Å². The number of benzene rings is 1. The Morgan fingerprint density at radius 1 is 1.07 bits per heavy atom. The molecule has 1 saturated carbocycles. The topological polar surface area (TPSA) is 68.1 Å². The first-order chi connectivity index (χ1) is 19.9. The van der Waals surface area contributed by atoms with Crippen molar-refractivity contribution in [3.8, 4) is 16.9 Å². The number of carbonyl (C=O) groups is 1. The molecule has 6 rings (SSSR count). The number of hydrogen-bond donors (Lipinski definition) is 0. The van der Waals surface area contributed by atoms with Gasteiger partial charge in [0.15, 0.2) is 0 Å². The van der Waals surface area contributed by atoms with Crippen molar-refractivity contribution in [3.05, 3.63) is 109 Å². The summed E-state index contributed by atoms with van der Waals surface area (Å²) in [6.07, 6.45) is 6.73. The molecule has 2 aliphatic rings. The number of halogens is 3. The minimum absolute atomic E-state index is 0.00595. The molecule has 9 heteroatoms. The van der Waals surface area contributed by atoms with Crippen molar-refractivity contribution in [1.82, 2.24) is 19.4 Å². The van der Waals surface area contributed by atoms with Gasteiger partial charge in [-0.05, 0) is 91.0 Å². The highest BCUT2D eigenvalue weighted by Crippen LogP contribution is 2.56. The molecule has 2 fully saturated rings. The first-order valence-corrected chi connectivity index (χ1v) is 14.8. The molecule has 1 amide bonds. The molecule has 42 heavy (non-hydrogen) atoms. The third-order valence-electron chi connectivity index (χ3n) is 8.49. The lowest BCUT2D eigenvalue weighted by molar-refractivity contribution is 0.0773. The van der Waals surface area contributed by atoms with Crippen molar-refractivity contribution in [2.75, 3.05) is 13.1 Å². The van der Waals surface area contributed by atoms with Crippen molar-refractivity contribution in [3.63, 3.8) is 0 Å². The Labute approximate surface area is 254 Å². The average molecular weight is 606 g/mol. The zero-order chi connectivity index (χ0) is 29.9. The minimum atomic E-state index is -0.623. The largest absolute Gasteiger partial charge is 0.338 e. The van der Waals surface area contributed by atoms with Crippen LogP contribution in [0.1, 0.15) is 71.3 Å². The zero-order valence-corrected chi connectivity index (χ0v) is 25.4. The van der Waals surface area contributed by atoms with Crippen LogP contribution in [0.2, 0.25) is 10.0 Å². The highest BCUT2D eigenvalue weighted by molar-refractivity contribution is 6.31. The number of likely N-dealkylation sites (tertiary alicyclic amines) is 1. The molecule has 6 nitrogen and oxygen atoms in total. The lowest BCUT2D eigenvalue weighted by Crippen LogP contribution is -2.31. The van der Waals surface area contributed by atoms with E-state index in [4.69, 9.17) is 23.2 Å². The number of carbonyl (C=O) groups excluding carboxylic acids is 1. The molecule has 0 spiro atoms. The van der Waals surface area contributed by atoms with Crippen LogP contribution in [0.5, 0.6) is 0 Å². The highest BCUT2D eigenvalue weighted by Gasteiger charge is 2.42. The number of aryl methyl sites for hydroxylation is 2. The van der Waals surface area contributed by atoms with E-state index in [0.717, 1.165) is 29.5 Å². The van der Waals surface area contributed by atoms with Gasteiger partial charge in [0.2, 0.25) is 0 Å². The Morgan fingerprint density at radius 2 is 1.86 bits per heavy atom. The van der Waals surface area contributed by atoms with Gasteiger partial charge < -0.3 is 4.90 Å². The molecule has 0 bridgehead atoms. The molecule has 1 aromatic carbocycles. The van der Waals surface area contributed by atoms with E-state index in [-0.39, 0.29) is 44.9 Å². The fourth-order valence-corrected chi connectivity index (χ4v) is 6.56. The Kier molecular flexibility index (Phi) is 7.22. The third-order valence-corrected chi connectivity index (χ3v) is 9.08. The highest BCUT2D eigenvalue weighted by atomic mass is 35.5. The molecule has 2 atom stereocenters. The van der Waals surface area contributed by atoms with Gasteiger partial charge >= 0.3 is 0 Å². The van der Waals surface area contributed by atoms with Gasteiger partial charge in [0.05, 0.1) is 22.0 Å². The van der Waals surface area contributed by atoms with Gasteiger partial charge in [-0.2, -0.15) is 0 Å². The van der Waals surface area contributed by atoms with E-state index in [2.05, 4.69) is 23.8 Å². The van der Waals surface area contributed by atoms with Gasteiger partial charge in [-0.15, -0.1) is 0 Å². The number of amides is 1. The van der Waals surface area contributed by atoms with Gasteiger partial charge in [-0.25, -0.2) is 4.39 Å². The summed E-state index contributed by atoms with van der Waals surface area (Å²) in [5.41, 5.74) is 4.02. The molecule has 216 valence electrons. The van der Waals surface area contributed by atoms with Crippen LogP contribution < -0.4 is 5.56 Å². The molecular formula is C33H31Cl2FN4O2. The SMILES string of the molecule is Cc1cnc(-c2cccc(C(=O)N3CCC(C)(C)C3)c2F)cc1-n1c(C)cc([C@H]2C[C@@H]2c2cncc(Cl)c2)c(Cl)c1=O. The van der Waals surface area contributed by atoms with Gasteiger partial charge in [-0.3, -0.25) is 24.1 Å². The molecular weight excluding hydrogens is 574 g/mol. The van der Waals surface area contributed by atoms with Crippen LogP contribution in [0.15, 0.2) is 59.8 Å². The Bertz CT molecular complexity index is 1800. The summed E-state index contributed by atoms with van der Waals surface area (Å²) >= 11 is 12.9. The number of rotatable bonds is 5. The summed E-state index contributed by atoms with van der Waals surface area (Å²) in [6, 6.07) is 10.3. The van der Waals surface area contributed by atoms with Gasteiger partial charge in [0.25, 0.3) is 11.5 Å². The first kappa shape index (κ1) is 28.6. The maximum absolute atomic E-state index is 15.9. The molecule has 4 heterocycles. The quantitative estimate of drug-likeness (QED) is 0.236. The van der Waals surface area contributed by atoms with Crippen LogP contribution in [-0.2, 0) is 0 Å². The normalized spacial score (nSPS) is 19.3. The number of hydrogen-bond acceptors (Lipinski definition) is 4. The Hall–Kier alpha value is -3.55. The van der Waals surface area contributed by atoms with E-state index >= 15 is 4.39 Å². The van der Waals surface area contributed by atoms with E-state index < -0.39 is 5.82 Å². The molecule has 0 unspecified atom stereocenters. The van der Waals surface area contributed by atoms with E-state index in [9.17, 15) is 9.59 Å². The van der Waals surface area contributed by atoms with Gasteiger partial charge in [0.1, 0.15) is 10.8 Å². The summed E-state index contributed by atoms with van der Waals surface area (Å²) in [5.74, 6) is -0.651. The number of aromatic nitrogens is 3. The second-order valence-corrected chi connectivity index (χ2v) is 13.1. The summed E-state index contributed by atoms with van der Waals surface area (Å²) in [5, 5.41) is 0.735. The maximum atomic E-state index is 15.9. The predicted molar refractivity (Wildman–Crippen MR) is 163 cm³/mol. The van der Waals surface area contributed by atoms with E-state index in [0.29, 0.717) is 35.2 Å². The molecule has 1 aliphatic carbocycles. The van der Waals surface area contributed by atoms with Crippen LogP contribution in [0, 0.1) is 25.1 Å².